The van der Waals surface area contributed by atoms with Gasteiger partial charge in [0.25, 0.3) is 5.82 Å². The number of aromatic nitrogens is 2. The van der Waals surface area contributed by atoms with Crippen molar-refractivity contribution < 1.29 is 22.1 Å². The maximum Gasteiger partial charge on any atom is 0.254 e. The summed E-state index contributed by atoms with van der Waals surface area (Å²) in [6, 6.07) is 0. The van der Waals surface area contributed by atoms with Gasteiger partial charge in [0.2, 0.25) is 0 Å². The molecule has 0 saturated carbocycles. The minimum absolute atomic E-state index is 0. The Balaban J connectivity index is 0.00000625. The number of aliphatic hydroxyl groups is 1. The van der Waals surface area contributed by atoms with Crippen LogP contribution in [0.15, 0.2) is 12.4 Å². The normalized spacial score (nSPS) is 10.8. The molecule has 0 atom stereocenters. The van der Waals surface area contributed by atoms with Gasteiger partial charge in [-0.3, -0.25) is 0 Å². The van der Waals surface area contributed by atoms with Crippen molar-refractivity contribution in [2.75, 3.05) is 6.61 Å². The molecule has 0 aromatic carbocycles. The summed E-state index contributed by atoms with van der Waals surface area (Å²) in [7, 11) is 0. The fourth-order valence-electron chi connectivity index (χ4n) is 3.59. The molecule has 0 unspecified atom stereocenters. The molecule has 1 rings (SSSR count). The van der Waals surface area contributed by atoms with Gasteiger partial charge in [-0.2, -0.15) is 0 Å². The number of imidazole rings is 1. The molecule has 154 valence electrons. The maximum atomic E-state index is 9.03. The van der Waals surface area contributed by atoms with Gasteiger partial charge in [-0.25, -0.2) is 9.55 Å². The standard InChI is InChI=1S/C22H42N2O.ClH/c1-2-3-4-5-6-7-8-9-10-11-12-13-14-15-16-17-22-23-18-19-24(22)20-21-25;/h18-19,25H,2-17,20-21H2,1H3;1H. The molecule has 0 spiro atoms. The first-order valence-electron chi connectivity index (χ1n) is 11.0. The second-order valence-corrected chi connectivity index (χ2v) is 7.52. The zero-order chi connectivity index (χ0) is 18.0. The maximum absolute atomic E-state index is 9.03. The summed E-state index contributed by atoms with van der Waals surface area (Å²) in [5.41, 5.74) is 0. The Bertz CT molecular complexity index is 395. The van der Waals surface area contributed by atoms with E-state index in [0.29, 0.717) is 6.54 Å². The van der Waals surface area contributed by atoms with E-state index in [2.05, 4.69) is 16.5 Å². The first kappa shape index (κ1) is 25.5. The molecular formula is C22H43ClN2O. The number of nitrogens with zero attached hydrogens (tertiary/aromatic N) is 1. The molecule has 0 aliphatic heterocycles. The summed E-state index contributed by atoms with van der Waals surface area (Å²) < 4.78 is 2.13. The average Bonchev–Trinajstić information content (AvgIpc) is 3.06. The van der Waals surface area contributed by atoms with Gasteiger partial charge in [-0.15, -0.1) is 0 Å². The second-order valence-electron chi connectivity index (χ2n) is 7.52. The number of aromatic amines is 1. The van der Waals surface area contributed by atoms with Gasteiger partial charge in [0.15, 0.2) is 0 Å². The number of unbranched alkanes of at least 4 members (excludes halogenated alkanes) is 14. The van der Waals surface area contributed by atoms with Crippen molar-refractivity contribution >= 4 is 0 Å². The second kappa shape index (κ2) is 19.2. The van der Waals surface area contributed by atoms with E-state index in [-0.39, 0.29) is 19.0 Å². The van der Waals surface area contributed by atoms with Crippen LogP contribution in [-0.4, -0.2) is 16.7 Å². The number of hydrogen-bond donors (Lipinski definition) is 2. The molecule has 4 heteroatoms. The van der Waals surface area contributed by atoms with Crippen molar-refractivity contribution in [3.05, 3.63) is 18.2 Å². The fourth-order valence-corrected chi connectivity index (χ4v) is 3.59. The van der Waals surface area contributed by atoms with E-state index in [0.717, 1.165) is 6.42 Å². The predicted molar refractivity (Wildman–Crippen MR) is 107 cm³/mol. The van der Waals surface area contributed by atoms with Crippen LogP contribution in [0, 0.1) is 0 Å². The lowest BCUT2D eigenvalue weighted by Gasteiger charge is -2.03. The molecule has 1 aromatic heterocycles. The van der Waals surface area contributed by atoms with E-state index >= 15 is 0 Å². The number of hydrogen-bond acceptors (Lipinski definition) is 1. The van der Waals surface area contributed by atoms with E-state index in [9.17, 15) is 0 Å². The molecule has 2 N–H and O–H groups in total. The smallest absolute Gasteiger partial charge is 0.254 e. The Morgan fingerprint density at radius 2 is 1.23 bits per heavy atom. The van der Waals surface area contributed by atoms with Crippen molar-refractivity contribution in [3.63, 3.8) is 0 Å². The summed E-state index contributed by atoms with van der Waals surface area (Å²) in [6.45, 7) is 3.21. The van der Waals surface area contributed by atoms with Crippen molar-refractivity contribution in [2.24, 2.45) is 0 Å². The van der Waals surface area contributed by atoms with Crippen molar-refractivity contribution in [2.45, 2.75) is 116 Å². The molecule has 1 heterocycles. The molecule has 0 bridgehead atoms. The number of aliphatic hydroxyl groups excluding tert-OH is 1. The van der Waals surface area contributed by atoms with Crippen LogP contribution in [-0.2, 0) is 13.0 Å². The number of H-pyrrole nitrogens is 1. The number of rotatable bonds is 18. The molecule has 0 radical (unpaired) electrons. The first-order valence-corrected chi connectivity index (χ1v) is 11.0. The number of nitrogens with one attached hydrogen (secondary N) is 1. The fraction of sp³-hybridized carbons (Fsp3) is 0.864. The van der Waals surface area contributed by atoms with Crippen LogP contribution in [0.4, 0.5) is 0 Å². The van der Waals surface area contributed by atoms with Gasteiger partial charge in [0, 0.05) is 6.42 Å². The Labute approximate surface area is 168 Å². The highest BCUT2D eigenvalue weighted by molar-refractivity contribution is 4.77. The molecule has 0 aliphatic rings. The minimum atomic E-state index is 0. The molecule has 1 aromatic rings. The monoisotopic (exact) mass is 386 g/mol. The van der Waals surface area contributed by atoms with Crippen LogP contribution in [0.5, 0.6) is 0 Å². The quantitative estimate of drug-likeness (QED) is 0.295. The van der Waals surface area contributed by atoms with Crippen LogP contribution >= 0.6 is 0 Å². The Morgan fingerprint density at radius 3 is 1.69 bits per heavy atom. The molecule has 3 nitrogen and oxygen atoms in total. The Morgan fingerprint density at radius 1 is 0.769 bits per heavy atom. The van der Waals surface area contributed by atoms with E-state index in [4.69, 9.17) is 5.11 Å². The van der Waals surface area contributed by atoms with Gasteiger partial charge < -0.3 is 17.5 Å². The summed E-state index contributed by atoms with van der Waals surface area (Å²) in [5.74, 6) is 1.25. The predicted octanol–water partition coefficient (Wildman–Crippen LogP) is 2.71. The third-order valence-electron chi connectivity index (χ3n) is 5.21. The highest BCUT2D eigenvalue weighted by atomic mass is 35.5. The lowest BCUT2D eigenvalue weighted by atomic mass is 10.0. The Kier molecular flexibility index (Phi) is 18.8. The molecule has 0 amide bonds. The van der Waals surface area contributed by atoms with Crippen molar-refractivity contribution in [3.8, 4) is 0 Å². The third-order valence-corrected chi connectivity index (χ3v) is 5.21. The van der Waals surface area contributed by atoms with E-state index in [1.165, 1.54) is 102 Å². The summed E-state index contributed by atoms with van der Waals surface area (Å²) >= 11 is 0. The number of aryl methyl sites for hydroxylation is 1. The zero-order valence-electron chi connectivity index (χ0n) is 17.2. The molecule has 0 saturated heterocycles. The largest absolute Gasteiger partial charge is 1.00 e. The first-order chi connectivity index (χ1) is 12.4. The van der Waals surface area contributed by atoms with Gasteiger partial charge in [0.05, 0.1) is 6.61 Å². The molecule has 0 fully saturated rings. The SMILES string of the molecule is CCCCCCCCCCCCCCCCCc1[nH]cc[n+]1CCO.[Cl-]. The summed E-state index contributed by atoms with van der Waals surface area (Å²) in [6.07, 6.45) is 26.3. The van der Waals surface area contributed by atoms with Crippen molar-refractivity contribution in [1.29, 1.82) is 0 Å². The zero-order valence-corrected chi connectivity index (χ0v) is 17.9. The molecule has 0 aliphatic carbocycles. The topological polar surface area (TPSA) is 39.9 Å². The van der Waals surface area contributed by atoms with Crippen LogP contribution in [0.2, 0.25) is 0 Å². The van der Waals surface area contributed by atoms with Crippen molar-refractivity contribution in [1.82, 2.24) is 4.98 Å². The third kappa shape index (κ3) is 13.6. The lowest BCUT2D eigenvalue weighted by molar-refractivity contribution is -0.704. The molecule has 26 heavy (non-hydrogen) atoms. The highest BCUT2D eigenvalue weighted by Crippen LogP contribution is 2.13. The summed E-state index contributed by atoms with van der Waals surface area (Å²) in [5, 5.41) is 9.03. The van der Waals surface area contributed by atoms with E-state index < -0.39 is 0 Å². The van der Waals surface area contributed by atoms with E-state index in [1.807, 2.05) is 12.4 Å². The van der Waals surface area contributed by atoms with Gasteiger partial charge in [0.1, 0.15) is 18.9 Å². The van der Waals surface area contributed by atoms with Gasteiger partial charge >= 0.3 is 0 Å². The Hall–Kier alpha value is -0.540. The van der Waals surface area contributed by atoms with Crippen LogP contribution < -0.4 is 17.0 Å². The van der Waals surface area contributed by atoms with Crippen LogP contribution in [0.3, 0.4) is 0 Å². The van der Waals surface area contributed by atoms with Crippen LogP contribution in [0.1, 0.15) is 109 Å². The van der Waals surface area contributed by atoms with Gasteiger partial charge in [-0.1, -0.05) is 96.8 Å². The molecular weight excluding hydrogens is 344 g/mol. The average molecular weight is 387 g/mol. The lowest BCUT2D eigenvalue weighted by Crippen LogP contribution is -3.00. The van der Waals surface area contributed by atoms with Gasteiger partial charge in [-0.05, 0) is 6.42 Å². The number of halogens is 1. The minimum Gasteiger partial charge on any atom is -1.00 e. The highest BCUT2D eigenvalue weighted by Gasteiger charge is 2.08. The summed E-state index contributed by atoms with van der Waals surface area (Å²) in [4.78, 5) is 3.29. The van der Waals surface area contributed by atoms with Crippen LogP contribution in [0.25, 0.3) is 0 Å². The van der Waals surface area contributed by atoms with E-state index in [1.54, 1.807) is 0 Å².